The number of aryl methyl sites for hydroxylation is 1. The number of hydrogen-bond donors (Lipinski definition) is 4. The summed E-state index contributed by atoms with van der Waals surface area (Å²) in [6, 6.07) is 13.0. The number of aliphatic hydroxyl groups is 4. The molecular formula is C22H24O11S. The number of carbonyl (C=O) groups excluding carboxylic acids is 2. The summed E-state index contributed by atoms with van der Waals surface area (Å²) in [5, 5.41) is 38.1. The van der Waals surface area contributed by atoms with E-state index in [1.54, 1.807) is 0 Å². The summed E-state index contributed by atoms with van der Waals surface area (Å²) in [7, 11) is -4.34. The molecule has 1 aliphatic rings. The third-order valence-corrected chi connectivity index (χ3v) is 7.40. The van der Waals surface area contributed by atoms with Crippen LogP contribution >= 0.6 is 0 Å². The van der Waals surface area contributed by atoms with Gasteiger partial charge in [0.2, 0.25) is 0 Å². The normalized spacial score (nSPS) is 16.8. The van der Waals surface area contributed by atoms with Crippen LogP contribution in [0.25, 0.3) is 0 Å². The molecule has 0 amide bonds. The van der Waals surface area contributed by atoms with E-state index in [4.69, 9.17) is 4.74 Å². The monoisotopic (exact) mass is 496 g/mol. The van der Waals surface area contributed by atoms with Gasteiger partial charge < -0.3 is 25.2 Å². The summed E-state index contributed by atoms with van der Waals surface area (Å²) in [4.78, 5) is 32.0. The second-order valence-electron chi connectivity index (χ2n) is 7.87. The molecular weight excluding hydrogens is 472 g/mol. The van der Waals surface area contributed by atoms with E-state index >= 15 is 0 Å². The molecule has 1 atom stereocenters. The van der Waals surface area contributed by atoms with Crippen molar-refractivity contribution >= 4 is 21.8 Å². The van der Waals surface area contributed by atoms with Crippen LogP contribution in [0.4, 0.5) is 0 Å². The van der Waals surface area contributed by atoms with Crippen LogP contribution in [0.15, 0.2) is 53.4 Å². The highest BCUT2D eigenvalue weighted by Crippen LogP contribution is 2.44. The largest absolute Gasteiger partial charge is 0.415 e. The minimum Gasteiger partial charge on any atom is -0.377 e. The highest BCUT2D eigenvalue weighted by atomic mass is 32.2. The van der Waals surface area contributed by atoms with Gasteiger partial charge in [-0.05, 0) is 42.2 Å². The predicted octanol–water partition coefficient (Wildman–Crippen LogP) is 0.184. The van der Waals surface area contributed by atoms with Crippen molar-refractivity contribution < 1.29 is 52.9 Å². The number of sulfone groups is 1. The molecule has 0 aromatic heterocycles. The predicted molar refractivity (Wildman–Crippen MR) is 113 cm³/mol. The van der Waals surface area contributed by atoms with Crippen molar-refractivity contribution in [2.24, 2.45) is 0 Å². The molecule has 0 spiro atoms. The van der Waals surface area contributed by atoms with Crippen LogP contribution < -0.4 is 0 Å². The molecule has 1 aliphatic heterocycles. The molecule has 4 N–H and O–H groups in total. The first-order chi connectivity index (χ1) is 15.9. The van der Waals surface area contributed by atoms with Gasteiger partial charge in [0.15, 0.2) is 15.1 Å². The van der Waals surface area contributed by atoms with Crippen LogP contribution in [0.1, 0.15) is 34.8 Å². The van der Waals surface area contributed by atoms with Crippen LogP contribution in [0, 0.1) is 6.92 Å². The Morgan fingerprint density at radius 2 is 1.62 bits per heavy atom. The van der Waals surface area contributed by atoms with Gasteiger partial charge in [-0.2, -0.15) is 0 Å². The zero-order valence-corrected chi connectivity index (χ0v) is 18.9. The van der Waals surface area contributed by atoms with Gasteiger partial charge in [-0.3, -0.25) is 0 Å². The van der Waals surface area contributed by atoms with Gasteiger partial charge in [0, 0.05) is 13.0 Å². The van der Waals surface area contributed by atoms with Crippen molar-refractivity contribution in [3.63, 3.8) is 0 Å². The Morgan fingerprint density at radius 1 is 0.971 bits per heavy atom. The zero-order chi connectivity index (χ0) is 25.1. The molecule has 1 heterocycles. The van der Waals surface area contributed by atoms with E-state index in [0.29, 0.717) is 5.56 Å². The molecule has 0 fully saturated rings. The standard InChI is InChI=1S/C22H24O11S/c1-14-8-9-16-12-17(14)18(34(16,29)30)22(27,28)20(24)33-32-19(23)21(25,26)10-5-11-31-13-15-6-3-2-4-7-15/h2-4,6-9,12,18,25-28H,5,10-11,13H2,1H3. The number of carbonyl (C=O) groups is 2. The highest BCUT2D eigenvalue weighted by Gasteiger charge is 2.57. The van der Waals surface area contributed by atoms with Gasteiger partial charge in [-0.15, -0.1) is 0 Å². The van der Waals surface area contributed by atoms with Gasteiger partial charge in [0.05, 0.1) is 11.5 Å². The molecule has 0 radical (unpaired) electrons. The van der Waals surface area contributed by atoms with E-state index in [2.05, 4.69) is 9.78 Å². The van der Waals surface area contributed by atoms with Gasteiger partial charge in [-0.1, -0.05) is 36.4 Å². The highest BCUT2D eigenvalue weighted by molar-refractivity contribution is 7.92. The summed E-state index contributed by atoms with van der Waals surface area (Å²) in [5.41, 5.74) is 1.22. The minimum absolute atomic E-state index is 0.0159. The van der Waals surface area contributed by atoms with E-state index < -0.39 is 45.0 Å². The minimum atomic E-state index is -4.34. The maximum atomic E-state index is 12.5. The lowest BCUT2D eigenvalue weighted by Crippen LogP contribution is -2.48. The second-order valence-corrected chi connectivity index (χ2v) is 9.90. The maximum absolute atomic E-state index is 12.5. The summed E-state index contributed by atoms with van der Waals surface area (Å²) in [5.74, 6) is -10.5. The quantitative estimate of drug-likeness (QED) is 0.161. The summed E-state index contributed by atoms with van der Waals surface area (Å²) in [6.07, 6.45) is -0.536. The first kappa shape index (κ1) is 25.7. The first-order valence-electron chi connectivity index (χ1n) is 10.2. The van der Waals surface area contributed by atoms with Crippen molar-refractivity contribution in [2.75, 3.05) is 6.61 Å². The molecule has 0 saturated heterocycles. The molecule has 2 bridgehead atoms. The first-order valence-corrected chi connectivity index (χ1v) is 11.7. The van der Waals surface area contributed by atoms with E-state index in [0.717, 1.165) is 5.56 Å². The summed E-state index contributed by atoms with van der Waals surface area (Å²) in [6.45, 7) is 1.84. The van der Waals surface area contributed by atoms with E-state index in [1.807, 2.05) is 30.3 Å². The van der Waals surface area contributed by atoms with Gasteiger partial charge in [-0.25, -0.2) is 27.8 Å². The van der Waals surface area contributed by atoms with E-state index in [9.17, 15) is 38.4 Å². The Bertz CT molecular complexity index is 1160. The molecule has 0 saturated carbocycles. The summed E-state index contributed by atoms with van der Waals surface area (Å²) >= 11 is 0. The number of fused-ring (bicyclic) bond motifs is 2. The lowest BCUT2D eigenvalue weighted by molar-refractivity contribution is -0.309. The average molecular weight is 496 g/mol. The number of hydrogen-bond acceptors (Lipinski definition) is 11. The fourth-order valence-corrected chi connectivity index (χ4v) is 5.35. The second kappa shape index (κ2) is 9.78. The Balaban J connectivity index is 1.52. The fourth-order valence-electron chi connectivity index (χ4n) is 3.41. The van der Waals surface area contributed by atoms with Crippen LogP contribution in [0.5, 0.6) is 0 Å². The third-order valence-electron chi connectivity index (χ3n) is 5.28. The Labute approximate surface area is 195 Å². The number of benzene rings is 2. The van der Waals surface area contributed by atoms with Crippen LogP contribution in [-0.2, 0) is 40.5 Å². The van der Waals surface area contributed by atoms with Gasteiger partial charge in [0.1, 0.15) is 0 Å². The number of ether oxygens (including phenoxy) is 1. The maximum Gasteiger partial charge on any atom is 0.415 e. The van der Waals surface area contributed by atoms with Crippen molar-refractivity contribution in [3.8, 4) is 0 Å². The summed E-state index contributed by atoms with van der Waals surface area (Å²) < 4.78 is 30.5. The molecule has 12 heteroatoms. The molecule has 11 nitrogen and oxygen atoms in total. The molecule has 3 rings (SSSR count). The lowest BCUT2D eigenvalue weighted by atomic mass is 10.0. The smallest absolute Gasteiger partial charge is 0.377 e. The topological polar surface area (TPSA) is 177 Å². The fraction of sp³-hybridized carbons (Fsp3) is 0.364. The van der Waals surface area contributed by atoms with Crippen molar-refractivity contribution in [1.82, 2.24) is 0 Å². The van der Waals surface area contributed by atoms with Crippen molar-refractivity contribution in [3.05, 3.63) is 65.2 Å². The van der Waals surface area contributed by atoms with Gasteiger partial charge >= 0.3 is 11.9 Å². The SMILES string of the molecule is Cc1ccc2cc1C(C(O)(O)C(=O)OOC(=O)C(O)(O)CCCOCc1ccccc1)S2(=O)=O. The lowest BCUT2D eigenvalue weighted by Gasteiger charge is -2.25. The van der Waals surface area contributed by atoms with Crippen molar-refractivity contribution in [2.45, 2.75) is 48.1 Å². The molecule has 34 heavy (non-hydrogen) atoms. The Kier molecular flexibility index (Phi) is 7.41. The van der Waals surface area contributed by atoms with Crippen LogP contribution in [0.2, 0.25) is 0 Å². The van der Waals surface area contributed by atoms with E-state index in [-0.39, 0.29) is 30.1 Å². The zero-order valence-electron chi connectivity index (χ0n) is 18.1. The van der Waals surface area contributed by atoms with Gasteiger partial charge in [0.25, 0.3) is 11.6 Å². The Morgan fingerprint density at radius 3 is 2.29 bits per heavy atom. The van der Waals surface area contributed by atoms with Crippen LogP contribution in [-0.4, -0.2) is 59.0 Å². The molecule has 1 unspecified atom stereocenters. The Hall–Kier alpha value is -2.87. The molecule has 0 aliphatic carbocycles. The molecule has 184 valence electrons. The van der Waals surface area contributed by atoms with E-state index in [1.165, 1.54) is 25.1 Å². The number of rotatable bonds is 9. The van der Waals surface area contributed by atoms with Crippen molar-refractivity contribution in [1.29, 1.82) is 0 Å². The molecule has 2 aromatic carbocycles. The average Bonchev–Trinajstić information content (AvgIpc) is 3.01. The third kappa shape index (κ3) is 5.27. The van der Waals surface area contributed by atoms with Crippen LogP contribution in [0.3, 0.4) is 0 Å². The molecule has 2 aromatic rings.